The molecule has 0 amide bonds. The Morgan fingerprint density at radius 3 is 0.600 bits per heavy atom. The van der Waals surface area contributed by atoms with E-state index in [4.69, 9.17) is 0 Å². The molecule has 0 heterocycles. The van der Waals surface area contributed by atoms with Gasteiger partial charge in [0.1, 0.15) is 0 Å². The predicted octanol–water partition coefficient (Wildman–Crippen LogP) is -9.90. The fourth-order valence-electron chi connectivity index (χ4n) is 0. The van der Waals surface area contributed by atoms with Crippen molar-refractivity contribution in [1.82, 2.24) is 0 Å². The topological polar surface area (TPSA) is 0 Å². The average molecular weight is 231 g/mol. The maximum absolute atomic E-state index is 0. The van der Waals surface area contributed by atoms with Crippen molar-refractivity contribution in [2.75, 3.05) is 0 Å². The van der Waals surface area contributed by atoms with Gasteiger partial charge in [-0.2, -0.15) is 0 Å². The Kier molecular flexibility index (Phi) is 293. The largest absolute Gasteiger partial charge is 2.00 e. The fraction of sp³-hybridized carbons (Fsp3) is 0. The van der Waals surface area contributed by atoms with Crippen molar-refractivity contribution in [2.45, 2.75) is 0 Å². The van der Waals surface area contributed by atoms with Gasteiger partial charge in [0.2, 0.25) is 0 Å². The monoisotopic (exact) mass is 230 g/mol. The Morgan fingerprint density at radius 1 is 0.600 bits per heavy atom. The van der Waals surface area contributed by atoms with Crippen LogP contribution in [-0.4, -0.2) is 45.5 Å². The molecule has 0 nitrogen and oxygen atoms in total. The summed E-state index contributed by atoms with van der Waals surface area (Å²) in [6.45, 7) is 0. The van der Waals surface area contributed by atoms with Crippen LogP contribution in [0.5, 0.6) is 0 Å². The van der Waals surface area contributed by atoms with Crippen molar-refractivity contribution in [2.24, 2.45) is 0 Å². The van der Waals surface area contributed by atoms with Gasteiger partial charge >= 0.3 is 45.5 Å². The van der Waals surface area contributed by atoms with E-state index in [9.17, 15) is 0 Å². The Bertz CT molecular complexity index is 3.61. The van der Waals surface area contributed by atoms with E-state index in [1.807, 2.05) is 0 Å². The second kappa shape index (κ2) is 30.3. The number of halogens is 4. The SMILES string of the molecule is [Cl-].[Cl-].[Cl-].[ClH2+].[Sr+2]. The van der Waals surface area contributed by atoms with Gasteiger partial charge in [0.05, 0.1) is 12.4 Å². The number of hydrogen-bond acceptors (Lipinski definition) is 0. The minimum atomic E-state index is 0. The van der Waals surface area contributed by atoms with E-state index < -0.39 is 0 Å². The van der Waals surface area contributed by atoms with Gasteiger partial charge in [-0.1, -0.05) is 0 Å². The molecule has 5 heavy (non-hydrogen) atoms. The van der Waals surface area contributed by atoms with E-state index in [2.05, 4.69) is 0 Å². The standard InChI is InChI=1S/ClH2.3ClH.Sr/h1H2;3*1H;/q+1;;;;+2/p-3. The van der Waals surface area contributed by atoms with Crippen LogP contribution < -0.4 is 37.2 Å². The molecule has 0 saturated carbocycles. The molecule has 0 aliphatic rings. The summed E-state index contributed by atoms with van der Waals surface area (Å²) < 4.78 is 0. The van der Waals surface area contributed by atoms with Crippen LogP contribution in [0.15, 0.2) is 0 Å². The first-order valence-electron chi connectivity index (χ1n) is 0. The molecule has 5 heteroatoms. The molecule has 32 valence electrons. The van der Waals surface area contributed by atoms with E-state index in [1.54, 1.807) is 0 Å². The molecule has 0 unspecified atom stereocenters. The Morgan fingerprint density at radius 2 is 0.600 bits per heavy atom. The summed E-state index contributed by atoms with van der Waals surface area (Å²) in [5.41, 5.74) is 0. The maximum Gasteiger partial charge on any atom is 2.00 e. The summed E-state index contributed by atoms with van der Waals surface area (Å²) in [4.78, 5) is 0. The smallest absolute Gasteiger partial charge is 1.00 e. The number of hydrogen-bond donors (Lipinski definition) is 0. The predicted molar refractivity (Wildman–Crippen MR) is 8.54 cm³/mol. The van der Waals surface area contributed by atoms with Gasteiger partial charge < -0.3 is 37.2 Å². The van der Waals surface area contributed by atoms with Crippen molar-refractivity contribution in [3.05, 3.63) is 0 Å². The summed E-state index contributed by atoms with van der Waals surface area (Å²) in [7, 11) is 0. The van der Waals surface area contributed by atoms with Crippen molar-refractivity contribution < 1.29 is 49.6 Å². The van der Waals surface area contributed by atoms with E-state index in [0.29, 0.717) is 0 Å². The van der Waals surface area contributed by atoms with Crippen LogP contribution in [0.4, 0.5) is 0 Å². The van der Waals surface area contributed by atoms with Crippen molar-refractivity contribution in [3.63, 3.8) is 0 Å². The first-order valence-corrected chi connectivity index (χ1v) is 0. The van der Waals surface area contributed by atoms with Crippen LogP contribution in [-0.2, 0) is 0 Å². The molecule has 0 saturated heterocycles. The van der Waals surface area contributed by atoms with Crippen molar-refractivity contribution in [3.8, 4) is 0 Å². The third-order valence-corrected chi connectivity index (χ3v) is 0. The normalized spacial score (nSPS) is 0. The number of rotatable bonds is 0. The van der Waals surface area contributed by atoms with Gasteiger partial charge in [0.25, 0.3) is 0 Å². The molecule has 0 fully saturated rings. The molecular weight excluding hydrogens is 229 g/mol. The van der Waals surface area contributed by atoms with Gasteiger partial charge in [-0.3, -0.25) is 0 Å². The van der Waals surface area contributed by atoms with E-state index >= 15 is 0 Å². The van der Waals surface area contributed by atoms with Gasteiger partial charge in [-0.25, -0.2) is 0 Å². The zero-order valence-corrected chi connectivity index (χ0v) is 8.93. The van der Waals surface area contributed by atoms with Crippen molar-refractivity contribution >= 4 is 45.5 Å². The molecule has 0 aromatic heterocycles. The van der Waals surface area contributed by atoms with Crippen molar-refractivity contribution in [1.29, 1.82) is 0 Å². The Labute approximate surface area is 93.4 Å². The second-order valence-corrected chi connectivity index (χ2v) is 0. The molecule has 0 rings (SSSR count). The quantitative estimate of drug-likeness (QED) is 0.363. The average Bonchev–Trinajstić information content (AvgIpc) is 0. The van der Waals surface area contributed by atoms with Crippen LogP contribution in [0, 0.1) is 12.4 Å². The summed E-state index contributed by atoms with van der Waals surface area (Å²) in [5, 5.41) is 0. The third kappa shape index (κ3) is 20.5. The van der Waals surface area contributed by atoms with E-state index in [1.165, 1.54) is 0 Å². The Hall–Kier alpha value is 2.64. The molecule has 0 aromatic rings. The van der Waals surface area contributed by atoms with E-state index in [0.717, 1.165) is 0 Å². The molecule has 0 aliphatic carbocycles. The fourth-order valence-corrected chi connectivity index (χ4v) is 0. The minimum absolute atomic E-state index is 0. The van der Waals surface area contributed by atoms with Gasteiger partial charge in [-0.05, 0) is 0 Å². The maximum atomic E-state index is 0. The van der Waals surface area contributed by atoms with Gasteiger partial charge in [0, 0.05) is 0 Å². The molecular formula is H2Cl4Sr. The minimum Gasteiger partial charge on any atom is -1.00 e. The van der Waals surface area contributed by atoms with E-state index in [-0.39, 0.29) is 95.1 Å². The molecule has 0 radical (unpaired) electrons. The van der Waals surface area contributed by atoms with Crippen LogP contribution in [0.3, 0.4) is 0 Å². The first-order chi connectivity index (χ1) is 0. The zero-order chi connectivity index (χ0) is 0. The molecule has 0 atom stereocenters. The summed E-state index contributed by atoms with van der Waals surface area (Å²) in [5.74, 6) is 0. The van der Waals surface area contributed by atoms with Gasteiger partial charge in [-0.15, -0.1) is 0 Å². The van der Waals surface area contributed by atoms with Crippen LogP contribution in [0.1, 0.15) is 0 Å². The summed E-state index contributed by atoms with van der Waals surface area (Å²) >= 11 is 0. The summed E-state index contributed by atoms with van der Waals surface area (Å²) in [6, 6.07) is 0. The first kappa shape index (κ1) is 48.3. The molecule has 0 aliphatic heterocycles. The van der Waals surface area contributed by atoms with Crippen LogP contribution in [0.25, 0.3) is 0 Å². The molecule has 0 N–H and O–H groups in total. The molecule has 0 bridgehead atoms. The molecule has 0 aromatic carbocycles. The zero-order valence-electron chi connectivity index (χ0n) is 2.29. The van der Waals surface area contributed by atoms with Gasteiger partial charge in [0.15, 0.2) is 0 Å². The van der Waals surface area contributed by atoms with Crippen LogP contribution >= 0.6 is 0 Å². The second-order valence-electron chi connectivity index (χ2n) is 0. The Balaban J connectivity index is 0. The summed E-state index contributed by atoms with van der Waals surface area (Å²) in [6.07, 6.45) is 0. The molecule has 0 spiro atoms. The third-order valence-electron chi connectivity index (χ3n) is 0. The van der Waals surface area contributed by atoms with Crippen LogP contribution in [0.2, 0.25) is 0 Å².